The second-order valence-electron chi connectivity index (χ2n) is 1.74. The predicted molar refractivity (Wildman–Crippen MR) is 40.2 cm³/mol. The molecule has 7 nitrogen and oxygen atoms in total. The van der Waals surface area contributed by atoms with Gasteiger partial charge in [-0.25, -0.2) is 9.36 Å². The van der Waals surface area contributed by atoms with Crippen LogP contribution < -0.4 is 10.3 Å². The van der Waals surface area contributed by atoms with E-state index in [0.29, 0.717) is 4.85 Å². The van der Waals surface area contributed by atoms with Crippen molar-refractivity contribution < 1.29 is 14.1 Å². The Bertz CT molecular complexity index is 346. The molecule has 1 atom stereocenters. The third-order valence-electron chi connectivity index (χ3n) is 0.928. The number of nitrogens with one attached hydrogen (secondary N) is 1. The lowest BCUT2D eigenvalue weighted by Gasteiger charge is -1.94. The lowest BCUT2D eigenvalue weighted by Crippen LogP contribution is -2.21. The zero-order valence-electron chi connectivity index (χ0n) is 5.65. The molecule has 1 aromatic rings. The summed E-state index contributed by atoms with van der Waals surface area (Å²) in [7, 11) is -3.22. The van der Waals surface area contributed by atoms with Gasteiger partial charge in [0.2, 0.25) is 0 Å². The van der Waals surface area contributed by atoms with Gasteiger partial charge >= 0.3 is 13.9 Å². The van der Waals surface area contributed by atoms with Crippen molar-refractivity contribution in [2.75, 3.05) is 0 Å². The molecule has 1 unspecified atom stereocenters. The van der Waals surface area contributed by atoms with E-state index in [2.05, 4.69) is 14.7 Å². The molecule has 0 saturated carbocycles. The first-order valence-corrected chi connectivity index (χ1v) is 4.58. The Balaban J connectivity index is 2.92. The molecule has 0 bridgehead atoms. The van der Waals surface area contributed by atoms with Crippen LogP contribution in [0.1, 0.15) is 5.82 Å². The first-order chi connectivity index (χ1) is 5.63. The number of nitrogens with zero attached hydrogens (tertiary/aromatic N) is 2. The van der Waals surface area contributed by atoms with Crippen LogP contribution in [0.25, 0.3) is 0 Å². The highest BCUT2D eigenvalue weighted by molar-refractivity contribution is 7.32. The Labute approximate surface area is 71.8 Å². The van der Waals surface area contributed by atoms with Crippen LogP contribution in [0, 0.1) is 0 Å². The molecule has 12 heavy (non-hydrogen) atoms. The fraction of sp³-hybridized carbons (Fsp3) is 0.333. The van der Waals surface area contributed by atoms with E-state index in [0.717, 1.165) is 0 Å². The van der Waals surface area contributed by atoms with Crippen LogP contribution in [0.2, 0.25) is 0 Å². The van der Waals surface area contributed by atoms with E-state index >= 15 is 0 Å². The summed E-state index contributed by atoms with van der Waals surface area (Å²) < 4.78 is 14.3. The maximum Gasteiger partial charge on any atom is 0.387 e. The van der Waals surface area contributed by atoms with Crippen LogP contribution in [0.15, 0.2) is 4.79 Å². The van der Waals surface area contributed by atoms with Gasteiger partial charge in [0, 0.05) is 0 Å². The molecule has 1 heterocycles. The van der Waals surface area contributed by atoms with Gasteiger partial charge in [-0.3, -0.25) is 4.98 Å². The van der Waals surface area contributed by atoms with Crippen LogP contribution in [-0.2, 0) is 10.4 Å². The highest BCUT2D eigenvalue weighted by Gasteiger charge is 2.05. The summed E-state index contributed by atoms with van der Waals surface area (Å²) in [6, 6.07) is 0. The lowest BCUT2D eigenvalue weighted by atomic mass is 10.7. The molecule has 0 spiro atoms. The fourth-order valence-corrected chi connectivity index (χ4v) is 0.939. The van der Waals surface area contributed by atoms with Crippen LogP contribution in [-0.4, -0.2) is 19.8 Å². The van der Waals surface area contributed by atoms with Crippen LogP contribution in [0.4, 0.5) is 0 Å². The monoisotopic (exact) mass is 213 g/mol. The molecule has 0 aliphatic heterocycles. The molecule has 1 aromatic heterocycles. The van der Waals surface area contributed by atoms with Crippen LogP contribution >= 0.6 is 19.9 Å². The summed E-state index contributed by atoms with van der Waals surface area (Å²) in [4.78, 5) is 21.6. The molecule has 0 aliphatic rings. The van der Waals surface area contributed by atoms with Gasteiger partial charge in [-0.15, -0.1) is 16.7 Å². The molecule has 9 heteroatoms. The number of alkyl halides is 1. The average molecular weight is 214 g/mol. The maximum absolute atomic E-state index is 10.8. The van der Waals surface area contributed by atoms with E-state index in [-0.39, 0.29) is 11.7 Å². The Hall–Kier alpha value is -0.780. The summed E-state index contributed by atoms with van der Waals surface area (Å²) in [6.07, 6.45) is 0. The zero-order chi connectivity index (χ0) is 9.14. The van der Waals surface area contributed by atoms with Crippen molar-refractivity contribution in [1.82, 2.24) is 14.9 Å². The Kier molecular flexibility index (Phi) is 2.91. The van der Waals surface area contributed by atoms with E-state index in [1.165, 1.54) is 0 Å². The van der Waals surface area contributed by atoms with Gasteiger partial charge < -0.3 is 9.52 Å². The number of rotatable bonds is 3. The maximum atomic E-state index is 10.8. The molecule has 0 amide bonds. The smallest absolute Gasteiger partial charge is 0.316 e. The summed E-state index contributed by atoms with van der Waals surface area (Å²) in [6.45, 7) is 0. The van der Waals surface area contributed by atoms with E-state index in [1.54, 1.807) is 0 Å². The van der Waals surface area contributed by atoms with Crippen molar-refractivity contribution in [3.8, 4) is 0 Å². The molecule has 0 saturated heterocycles. The number of hydrogen-bond acceptors (Lipinski definition) is 4. The van der Waals surface area contributed by atoms with E-state index in [1.807, 2.05) is 0 Å². The van der Waals surface area contributed by atoms with Crippen molar-refractivity contribution >= 4 is 19.9 Å². The molecule has 0 fully saturated rings. The van der Waals surface area contributed by atoms with Gasteiger partial charge in [-0.1, -0.05) is 0 Å². The second-order valence-corrected chi connectivity index (χ2v) is 2.72. The Morgan fingerprint density at radius 2 is 2.50 bits per heavy atom. The van der Waals surface area contributed by atoms with Crippen molar-refractivity contribution in [2.24, 2.45) is 0 Å². The molecular weight excluding hydrogens is 208 g/mol. The number of halogens is 1. The van der Waals surface area contributed by atoms with E-state index < -0.39 is 13.9 Å². The standard InChI is InChI=1S/C3H5ClN3O4P/c4-1-2-5-3(8)7(6-2)11-12(9)10/h12H,1H2,(H,9,10)(H,5,6,8). The minimum atomic E-state index is -3.22. The first kappa shape index (κ1) is 9.31. The normalized spacial score (nSPS) is 12.8. The number of aromatic nitrogens is 3. The van der Waals surface area contributed by atoms with Gasteiger partial charge in [-0.2, -0.15) is 0 Å². The quantitative estimate of drug-likeness (QED) is 0.502. The van der Waals surface area contributed by atoms with E-state index in [4.69, 9.17) is 16.5 Å². The third-order valence-corrected chi connectivity index (χ3v) is 1.51. The largest absolute Gasteiger partial charge is 0.387 e. The number of hydrogen-bond donors (Lipinski definition) is 2. The average Bonchev–Trinajstić information content (AvgIpc) is 2.31. The fourth-order valence-electron chi connectivity index (χ4n) is 0.547. The van der Waals surface area contributed by atoms with Gasteiger partial charge in [0.25, 0.3) is 0 Å². The number of H-pyrrole nitrogens is 1. The van der Waals surface area contributed by atoms with E-state index in [9.17, 15) is 9.36 Å². The first-order valence-electron chi connectivity index (χ1n) is 2.79. The van der Waals surface area contributed by atoms with Gasteiger partial charge in [0.05, 0.1) is 5.88 Å². The minimum Gasteiger partial charge on any atom is -0.316 e. The third kappa shape index (κ3) is 2.10. The van der Waals surface area contributed by atoms with Crippen LogP contribution in [0.3, 0.4) is 0 Å². The van der Waals surface area contributed by atoms with Crippen LogP contribution in [0.5, 0.6) is 0 Å². The molecule has 0 aromatic carbocycles. The second kappa shape index (κ2) is 3.75. The number of aromatic amines is 1. The van der Waals surface area contributed by atoms with Gasteiger partial charge in [0.15, 0.2) is 0 Å². The highest BCUT2D eigenvalue weighted by atomic mass is 35.5. The van der Waals surface area contributed by atoms with Crippen molar-refractivity contribution in [1.29, 1.82) is 0 Å². The molecule has 68 valence electrons. The predicted octanol–water partition coefficient (Wildman–Crippen LogP) is -0.879. The molecule has 0 aliphatic carbocycles. The van der Waals surface area contributed by atoms with Gasteiger partial charge in [-0.05, 0) is 4.85 Å². The molecule has 0 radical (unpaired) electrons. The minimum absolute atomic E-state index is 0.00202. The summed E-state index contributed by atoms with van der Waals surface area (Å²) in [5.41, 5.74) is -0.738. The summed E-state index contributed by atoms with van der Waals surface area (Å²) in [5.74, 6) is 0.169. The van der Waals surface area contributed by atoms with Crippen molar-refractivity contribution in [2.45, 2.75) is 5.88 Å². The summed E-state index contributed by atoms with van der Waals surface area (Å²) >= 11 is 5.31. The summed E-state index contributed by atoms with van der Waals surface area (Å²) in [5, 5.41) is 3.43. The SMILES string of the molecule is O=c1[nH]c(CCl)nn1O[PH](=O)O. The topological polar surface area (TPSA) is 97.2 Å². The molecule has 1 rings (SSSR count). The van der Waals surface area contributed by atoms with Crippen molar-refractivity contribution in [3.63, 3.8) is 0 Å². The lowest BCUT2D eigenvalue weighted by molar-refractivity contribution is 0.205. The molecule has 2 N–H and O–H groups in total. The zero-order valence-corrected chi connectivity index (χ0v) is 7.41. The van der Waals surface area contributed by atoms with Crippen molar-refractivity contribution in [3.05, 3.63) is 16.3 Å². The highest BCUT2D eigenvalue weighted by Crippen LogP contribution is 2.06. The molecular formula is C3H5ClN3O4P. The Morgan fingerprint density at radius 3 is 2.92 bits per heavy atom. The van der Waals surface area contributed by atoms with Gasteiger partial charge in [0.1, 0.15) is 5.82 Å². The Morgan fingerprint density at radius 1 is 1.83 bits per heavy atom.